The maximum Gasteiger partial charge on any atom is 0.168 e. The molecular formula is C24H30N4O2S. The number of hydrazone groups is 1. The lowest BCUT2D eigenvalue weighted by molar-refractivity contribution is 0.250. The fourth-order valence-corrected chi connectivity index (χ4v) is 5.05. The summed E-state index contributed by atoms with van der Waals surface area (Å²) < 4.78 is 0. The molecule has 1 saturated heterocycles. The van der Waals surface area contributed by atoms with Crippen LogP contribution in [0.4, 0.5) is 5.69 Å². The summed E-state index contributed by atoms with van der Waals surface area (Å²) in [6.07, 6.45) is 4.70. The number of nitrogens with zero attached hydrogens (tertiary/aromatic N) is 3. The van der Waals surface area contributed by atoms with E-state index in [2.05, 4.69) is 22.1 Å². The maximum absolute atomic E-state index is 10.5. The van der Waals surface area contributed by atoms with Crippen molar-refractivity contribution in [3.05, 3.63) is 52.6 Å². The highest BCUT2D eigenvalue weighted by Crippen LogP contribution is 2.35. The van der Waals surface area contributed by atoms with Crippen LogP contribution in [-0.2, 0) is 12.8 Å². The first-order valence-corrected chi connectivity index (χ1v) is 11.3. The fraction of sp³-hybridized carbons (Fsp3) is 0.417. The third-order valence-electron chi connectivity index (χ3n) is 6.50. The number of likely N-dealkylation sites (tertiary alicyclic amines) is 1. The molecule has 31 heavy (non-hydrogen) atoms. The van der Waals surface area contributed by atoms with Crippen LogP contribution in [0.3, 0.4) is 0 Å². The second-order valence-corrected chi connectivity index (χ2v) is 8.98. The van der Waals surface area contributed by atoms with Gasteiger partial charge in [0.15, 0.2) is 5.84 Å². The van der Waals surface area contributed by atoms with Gasteiger partial charge in [0.25, 0.3) is 0 Å². The molecule has 0 aromatic heterocycles. The zero-order chi connectivity index (χ0) is 22.1. The number of hydrogen-bond acceptors (Lipinski definition) is 6. The lowest BCUT2D eigenvalue weighted by Gasteiger charge is -2.23. The van der Waals surface area contributed by atoms with E-state index in [-0.39, 0.29) is 17.4 Å². The molecule has 2 aromatic rings. The average molecular weight is 439 g/mol. The van der Waals surface area contributed by atoms with E-state index in [0.717, 1.165) is 18.5 Å². The Morgan fingerprint density at radius 1 is 1.13 bits per heavy atom. The number of benzene rings is 2. The SMILES string of the molecule is CC(C)c1cc(/C(=N/N)N(C=S)c2ccc3c(c2)CC(N2CCCC2)C3)c(O)cc1O. The van der Waals surface area contributed by atoms with Crippen LogP contribution in [-0.4, -0.2) is 45.6 Å². The molecule has 1 unspecified atom stereocenters. The summed E-state index contributed by atoms with van der Waals surface area (Å²) in [6.45, 7) is 6.34. The zero-order valence-corrected chi connectivity index (χ0v) is 18.9. The van der Waals surface area contributed by atoms with Crippen LogP contribution >= 0.6 is 12.2 Å². The molecule has 1 fully saturated rings. The number of nitrogens with two attached hydrogens (primary N) is 1. The van der Waals surface area contributed by atoms with Gasteiger partial charge in [-0.3, -0.25) is 9.80 Å². The Morgan fingerprint density at radius 3 is 2.48 bits per heavy atom. The second kappa shape index (κ2) is 8.85. The normalized spacial score (nSPS) is 19.1. The Balaban J connectivity index is 1.66. The van der Waals surface area contributed by atoms with Crippen molar-refractivity contribution < 1.29 is 10.2 Å². The molecule has 0 radical (unpaired) electrons. The van der Waals surface area contributed by atoms with E-state index < -0.39 is 0 Å². The van der Waals surface area contributed by atoms with E-state index >= 15 is 0 Å². The molecule has 4 N–H and O–H groups in total. The van der Waals surface area contributed by atoms with Crippen LogP contribution in [0.1, 0.15) is 54.9 Å². The van der Waals surface area contributed by atoms with Crippen molar-refractivity contribution in [3.8, 4) is 11.5 Å². The monoisotopic (exact) mass is 438 g/mol. The van der Waals surface area contributed by atoms with Crippen molar-refractivity contribution in [2.45, 2.75) is 51.5 Å². The van der Waals surface area contributed by atoms with Crippen molar-refractivity contribution >= 4 is 29.2 Å². The molecular weight excluding hydrogens is 408 g/mol. The Morgan fingerprint density at radius 2 is 1.84 bits per heavy atom. The van der Waals surface area contributed by atoms with Gasteiger partial charge in [0.2, 0.25) is 0 Å². The number of fused-ring (bicyclic) bond motifs is 1. The highest BCUT2D eigenvalue weighted by Gasteiger charge is 2.29. The van der Waals surface area contributed by atoms with Crippen LogP contribution in [0.5, 0.6) is 11.5 Å². The molecule has 1 aliphatic heterocycles. The minimum atomic E-state index is -0.0943. The van der Waals surface area contributed by atoms with E-state index in [1.807, 2.05) is 19.9 Å². The highest BCUT2D eigenvalue weighted by molar-refractivity contribution is 7.79. The first kappa shape index (κ1) is 21.6. The lowest BCUT2D eigenvalue weighted by atomic mass is 9.98. The molecule has 4 rings (SSSR count). The van der Waals surface area contributed by atoms with Gasteiger partial charge in [0, 0.05) is 17.8 Å². The lowest BCUT2D eigenvalue weighted by Crippen LogP contribution is -2.33. The van der Waals surface area contributed by atoms with Gasteiger partial charge in [-0.15, -0.1) is 0 Å². The molecule has 0 saturated carbocycles. The summed E-state index contributed by atoms with van der Waals surface area (Å²) in [7, 11) is 0. The average Bonchev–Trinajstić information content (AvgIpc) is 3.41. The maximum atomic E-state index is 10.5. The third-order valence-corrected chi connectivity index (χ3v) is 6.71. The Labute approximate surface area is 189 Å². The summed E-state index contributed by atoms with van der Waals surface area (Å²) in [5.74, 6) is 6.13. The number of hydrogen-bond donors (Lipinski definition) is 3. The van der Waals surface area contributed by atoms with Gasteiger partial charge in [-0.1, -0.05) is 32.1 Å². The molecule has 6 nitrogen and oxygen atoms in total. The summed E-state index contributed by atoms with van der Waals surface area (Å²) in [4.78, 5) is 4.32. The summed E-state index contributed by atoms with van der Waals surface area (Å²) >= 11 is 5.32. The van der Waals surface area contributed by atoms with Gasteiger partial charge in [0.05, 0.1) is 11.1 Å². The molecule has 1 aliphatic carbocycles. The zero-order valence-electron chi connectivity index (χ0n) is 18.1. The van der Waals surface area contributed by atoms with Crippen LogP contribution in [0, 0.1) is 0 Å². The number of rotatable bonds is 5. The number of aromatic hydroxyl groups is 2. The molecule has 164 valence electrons. The molecule has 2 aromatic carbocycles. The summed E-state index contributed by atoms with van der Waals surface area (Å²) in [6, 6.07) is 9.98. The molecule has 0 spiro atoms. The number of thiocarbonyl (C=S) groups is 1. The quantitative estimate of drug-likeness (QED) is 0.216. The molecule has 7 heteroatoms. The molecule has 0 amide bonds. The Hall–Kier alpha value is -2.64. The van der Waals surface area contributed by atoms with Crippen LogP contribution in [0.25, 0.3) is 0 Å². The number of anilines is 1. The number of amidine groups is 1. The minimum Gasteiger partial charge on any atom is -0.508 e. The van der Waals surface area contributed by atoms with Crippen molar-refractivity contribution in [3.63, 3.8) is 0 Å². The Bertz CT molecular complexity index is 1010. The van der Waals surface area contributed by atoms with E-state index in [1.165, 1.54) is 48.6 Å². The highest BCUT2D eigenvalue weighted by atomic mass is 32.1. The van der Waals surface area contributed by atoms with Gasteiger partial charge in [-0.25, -0.2) is 0 Å². The fourth-order valence-electron chi connectivity index (χ4n) is 4.83. The van der Waals surface area contributed by atoms with Gasteiger partial charge < -0.3 is 16.1 Å². The van der Waals surface area contributed by atoms with Crippen LogP contribution in [0.2, 0.25) is 0 Å². The summed E-state index contributed by atoms with van der Waals surface area (Å²) in [5, 5.41) is 24.7. The van der Waals surface area contributed by atoms with Gasteiger partial charge >= 0.3 is 0 Å². The van der Waals surface area contributed by atoms with Gasteiger partial charge in [-0.05, 0) is 79.6 Å². The van der Waals surface area contributed by atoms with Crippen molar-refractivity contribution in [2.24, 2.45) is 10.9 Å². The van der Waals surface area contributed by atoms with Gasteiger partial charge in [-0.2, -0.15) is 5.10 Å². The molecule has 1 heterocycles. The van der Waals surface area contributed by atoms with E-state index in [9.17, 15) is 10.2 Å². The van der Waals surface area contributed by atoms with Gasteiger partial charge in [0.1, 0.15) is 11.5 Å². The molecule has 1 atom stereocenters. The third kappa shape index (κ3) is 4.12. The van der Waals surface area contributed by atoms with Crippen LogP contribution in [0.15, 0.2) is 35.4 Å². The largest absolute Gasteiger partial charge is 0.508 e. The second-order valence-electron chi connectivity index (χ2n) is 8.77. The number of phenols is 2. The smallest absolute Gasteiger partial charge is 0.168 e. The molecule has 0 bridgehead atoms. The summed E-state index contributed by atoms with van der Waals surface area (Å²) in [5.41, 5.74) is 6.19. The first-order valence-electron chi connectivity index (χ1n) is 10.9. The van der Waals surface area contributed by atoms with Crippen molar-refractivity contribution in [2.75, 3.05) is 18.0 Å². The number of phenolic OH excluding ortho intramolecular Hbond substituents is 2. The minimum absolute atomic E-state index is 0.0482. The van der Waals surface area contributed by atoms with Crippen LogP contribution < -0.4 is 10.7 Å². The first-order chi connectivity index (χ1) is 14.9. The Kier molecular flexibility index (Phi) is 6.16. The standard InChI is InChI=1S/C24H30N4O2S/c1-15(2)20-12-21(23(30)13-22(20)29)24(26-25)28(14-31)18-6-5-16-9-19(11-17(16)10-18)27-7-3-4-8-27/h5-6,10,12-15,19,29-30H,3-4,7-9,11,25H2,1-2H3/b26-24-. The predicted molar refractivity (Wildman–Crippen MR) is 129 cm³/mol. The topological polar surface area (TPSA) is 85.3 Å². The van der Waals surface area contributed by atoms with E-state index in [4.69, 9.17) is 18.1 Å². The van der Waals surface area contributed by atoms with Crippen molar-refractivity contribution in [1.29, 1.82) is 0 Å². The van der Waals surface area contributed by atoms with E-state index in [1.54, 1.807) is 11.0 Å². The van der Waals surface area contributed by atoms with Crippen molar-refractivity contribution in [1.82, 2.24) is 4.90 Å². The van der Waals surface area contributed by atoms with E-state index in [0.29, 0.717) is 23.0 Å². The predicted octanol–water partition coefficient (Wildman–Crippen LogP) is 3.87. The molecule has 2 aliphatic rings.